The first-order valence-corrected chi connectivity index (χ1v) is 8.16. The van der Waals surface area contributed by atoms with E-state index >= 15 is 0 Å². The number of hydrogen-bond donors (Lipinski definition) is 1. The van der Waals surface area contributed by atoms with Crippen LogP contribution in [0, 0.1) is 0 Å². The summed E-state index contributed by atoms with van der Waals surface area (Å²) in [5, 5.41) is 3.62. The van der Waals surface area contributed by atoms with E-state index in [1.165, 1.54) is 5.56 Å². The maximum absolute atomic E-state index is 12.2. The smallest absolute Gasteiger partial charge is 0.224 e. The van der Waals surface area contributed by atoms with Gasteiger partial charge in [-0.15, -0.1) is 0 Å². The average Bonchev–Trinajstić information content (AvgIpc) is 2.56. The van der Waals surface area contributed by atoms with Gasteiger partial charge in [-0.2, -0.15) is 0 Å². The second-order valence-corrected chi connectivity index (χ2v) is 5.89. The minimum Gasteiger partial charge on any atom is -0.496 e. The minimum absolute atomic E-state index is 0.0278. The van der Waals surface area contributed by atoms with E-state index in [4.69, 9.17) is 16.3 Å². The Morgan fingerprint density at radius 3 is 2.61 bits per heavy atom. The summed E-state index contributed by atoms with van der Waals surface area (Å²) in [7, 11) is 1.59. The number of benzene rings is 2. The number of carbonyl (C=O) groups is 1. The van der Waals surface area contributed by atoms with Gasteiger partial charge in [0.25, 0.3) is 0 Å². The zero-order valence-corrected chi connectivity index (χ0v) is 14.3. The third-order valence-corrected chi connectivity index (χ3v) is 4.14. The van der Waals surface area contributed by atoms with Crippen LogP contribution >= 0.6 is 11.6 Å². The van der Waals surface area contributed by atoms with Crippen LogP contribution in [0.3, 0.4) is 0 Å². The topological polar surface area (TPSA) is 38.3 Å². The molecule has 4 heteroatoms. The number of carbonyl (C=O) groups excluding carboxylic acids is 1. The fraction of sp³-hybridized carbons (Fsp3) is 0.316. The number of hydrogen-bond acceptors (Lipinski definition) is 2. The molecule has 0 radical (unpaired) electrons. The average molecular weight is 332 g/mol. The Morgan fingerprint density at radius 1 is 1.22 bits per heavy atom. The standard InChI is InChI=1S/C19H22ClNO2/c1-3-14(15-7-5-4-6-8-15)13-21-19(22)12-16-11-17(20)9-10-18(16)23-2/h4-11,14H,3,12-13H2,1-2H3,(H,21,22)/t14-/m0/s1. The fourth-order valence-electron chi connectivity index (χ4n) is 2.58. The zero-order chi connectivity index (χ0) is 16.7. The molecular formula is C19H22ClNO2. The third-order valence-electron chi connectivity index (χ3n) is 3.90. The lowest BCUT2D eigenvalue weighted by Gasteiger charge is -2.16. The van der Waals surface area contributed by atoms with E-state index in [2.05, 4.69) is 24.4 Å². The molecule has 0 unspecified atom stereocenters. The van der Waals surface area contributed by atoms with Gasteiger partial charge in [-0.25, -0.2) is 0 Å². The predicted octanol–water partition coefficient (Wildman–Crippen LogP) is 4.20. The van der Waals surface area contributed by atoms with E-state index in [9.17, 15) is 4.79 Å². The van der Waals surface area contributed by atoms with Crippen molar-refractivity contribution >= 4 is 17.5 Å². The van der Waals surface area contributed by atoms with Gasteiger partial charge in [0.2, 0.25) is 5.91 Å². The van der Waals surface area contributed by atoms with Crippen molar-refractivity contribution in [3.8, 4) is 5.75 Å². The SMILES string of the molecule is CC[C@@H](CNC(=O)Cc1cc(Cl)ccc1OC)c1ccccc1. The van der Waals surface area contributed by atoms with Crippen molar-refractivity contribution in [2.75, 3.05) is 13.7 Å². The number of rotatable bonds is 7. The largest absolute Gasteiger partial charge is 0.496 e. The molecule has 3 nitrogen and oxygen atoms in total. The molecule has 1 N–H and O–H groups in total. The summed E-state index contributed by atoms with van der Waals surface area (Å²) >= 11 is 6.00. The summed E-state index contributed by atoms with van der Waals surface area (Å²) < 4.78 is 5.28. The Labute approximate surface area is 142 Å². The van der Waals surface area contributed by atoms with Crippen molar-refractivity contribution in [3.05, 3.63) is 64.7 Å². The molecule has 0 saturated carbocycles. The van der Waals surface area contributed by atoms with E-state index < -0.39 is 0 Å². The van der Waals surface area contributed by atoms with Gasteiger partial charge in [0.15, 0.2) is 0 Å². The monoisotopic (exact) mass is 331 g/mol. The van der Waals surface area contributed by atoms with Gasteiger partial charge in [-0.05, 0) is 30.2 Å². The van der Waals surface area contributed by atoms with Crippen molar-refractivity contribution in [2.45, 2.75) is 25.7 Å². The zero-order valence-electron chi connectivity index (χ0n) is 13.5. The van der Waals surface area contributed by atoms with Crippen molar-refractivity contribution in [1.29, 1.82) is 0 Å². The molecule has 0 bridgehead atoms. The van der Waals surface area contributed by atoms with Crippen LogP contribution in [0.4, 0.5) is 0 Å². The molecule has 0 aliphatic rings. The second kappa shape index (κ2) is 8.59. The Kier molecular flexibility index (Phi) is 6.48. The summed E-state index contributed by atoms with van der Waals surface area (Å²) in [5.74, 6) is 0.973. The summed E-state index contributed by atoms with van der Waals surface area (Å²) in [4.78, 5) is 12.2. The molecule has 2 aromatic rings. The number of halogens is 1. The molecular weight excluding hydrogens is 310 g/mol. The van der Waals surface area contributed by atoms with Crippen LogP contribution in [0.1, 0.15) is 30.4 Å². The van der Waals surface area contributed by atoms with E-state index in [-0.39, 0.29) is 12.3 Å². The van der Waals surface area contributed by atoms with Crippen molar-refractivity contribution in [2.24, 2.45) is 0 Å². The number of ether oxygens (including phenoxy) is 1. The van der Waals surface area contributed by atoms with E-state index in [0.717, 1.165) is 12.0 Å². The van der Waals surface area contributed by atoms with Crippen LogP contribution in [-0.4, -0.2) is 19.6 Å². The van der Waals surface area contributed by atoms with Gasteiger partial charge in [0, 0.05) is 23.0 Å². The molecule has 1 amide bonds. The summed E-state index contributed by atoms with van der Waals surface area (Å²) in [6.45, 7) is 2.76. The van der Waals surface area contributed by atoms with Gasteiger partial charge < -0.3 is 10.1 Å². The van der Waals surface area contributed by atoms with Crippen molar-refractivity contribution < 1.29 is 9.53 Å². The first kappa shape index (κ1) is 17.4. The second-order valence-electron chi connectivity index (χ2n) is 5.45. The molecule has 0 spiro atoms. The highest BCUT2D eigenvalue weighted by Crippen LogP contribution is 2.23. The van der Waals surface area contributed by atoms with Crippen LogP contribution in [0.5, 0.6) is 5.75 Å². The van der Waals surface area contributed by atoms with E-state index in [0.29, 0.717) is 23.2 Å². The van der Waals surface area contributed by atoms with Crippen LogP contribution in [-0.2, 0) is 11.2 Å². The van der Waals surface area contributed by atoms with Gasteiger partial charge in [0.05, 0.1) is 13.5 Å². The normalized spacial score (nSPS) is 11.8. The summed E-state index contributed by atoms with van der Waals surface area (Å²) in [6, 6.07) is 15.6. The lowest BCUT2D eigenvalue weighted by atomic mass is 9.96. The lowest BCUT2D eigenvalue weighted by Crippen LogP contribution is -2.29. The van der Waals surface area contributed by atoms with Gasteiger partial charge in [-0.3, -0.25) is 4.79 Å². The molecule has 0 heterocycles. The molecule has 23 heavy (non-hydrogen) atoms. The first-order valence-electron chi connectivity index (χ1n) is 7.78. The Hall–Kier alpha value is -2.00. The third kappa shape index (κ3) is 5.00. The molecule has 0 saturated heterocycles. The highest BCUT2D eigenvalue weighted by molar-refractivity contribution is 6.30. The molecule has 0 aromatic heterocycles. The fourth-order valence-corrected chi connectivity index (χ4v) is 2.78. The maximum Gasteiger partial charge on any atom is 0.224 e. The van der Waals surface area contributed by atoms with Crippen LogP contribution in [0.25, 0.3) is 0 Å². The number of nitrogens with one attached hydrogen (secondary N) is 1. The van der Waals surface area contributed by atoms with Crippen molar-refractivity contribution in [3.63, 3.8) is 0 Å². The Balaban J connectivity index is 1.96. The molecule has 1 atom stereocenters. The summed E-state index contributed by atoms with van der Waals surface area (Å²) in [5.41, 5.74) is 2.04. The molecule has 0 aliphatic carbocycles. The highest BCUT2D eigenvalue weighted by atomic mass is 35.5. The quantitative estimate of drug-likeness (QED) is 0.825. The Bertz CT molecular complexity index is 643. The van der Waals surface area contributed by atoms with Gasteiger partial charge in [-0.1, -0.05) is 48.9 Å². The van der Waals surface area contributed by atoms with Gasteiger partial charge >= 0.3 is 0 Å². The van der Waals surface area contributed by atoms with Crippen LogP contribution in [0.15, 0.2) is 48.5 Å². The molecule has 0 aliphatic heterocycles. The predicted molar refractivity (Wildman–Crippen MR) is 94.2 cm³/mol. The molecule has 2 rings (SSSR count). The number of amides is 1. The van der Waals surface area contributed by atoms with E-state index in [1.807, 2.05) is 18.2 Å². The van der Waals surface area contributed by atoms with Crippen LogP contribution in [0.2, 0.25) is 5.02 Å². The molecule has 0 fully saturated rings. The molecule has 122 valence electrons. The van der Waals surface area contributed by atoms with E-state index in [1.54, 1.807) is 25.3 Å². The Morgan fingerprint density at radius 2 is 1.96 bits per heavy atom. The summed E-state index contributed by atoms with van der Waals surface area (Å²) in [6.07, 6.45) is 1.24. The van der Waals surface area contributed by atoms with Crippen LogP contribution < -0.4 is 10.1 Å². The maximum atomic E-state index is 12.2. The lowest BCUT2D eigenvalue weighted by molar-refractivity contribution is -0.120. The first-order chi connectivity index (χ1) is 11.1. The number of methoxy groups -OCH3 is 1. The van der Waals surface area contributed by atoms with Gasteiger partial charge in [0.1, 0.15) is 5.75 Å². The van der Waals surface area contributed by atoms with Crippen molar-refractivity contribution in [1.82, 2.24) is 5.32 Å². The molecule has 2 aromatic carbocycles. The minimum atomic E-state index is -0.0278. The highest BCUT2D eigenvalue weighted by Gasteiger charge is 2.13.